The van der Waals surface area contributed by atoms with Gasteiger partial charge >= 0.3 is 5.97 Å². The largest absolute Gasteiger partial charge is 0.505 e. The number of thioether (sulfide) groups is 1. The monoisotopic (exact) mass is 1020 g/mol. The van der Waals surface area contributed by atoms with E-state index in [-0.39, 0.29) is 50.1 Å². The van der Waals surface area contributed by atoms with Crippen molar-refractivity contribution in [1.82, 2.24) is 40.5 Å². The van der Waals surface area contributed by atoms with E-state index in [2.05, 4.69) is 25.8 Å². The molecule has 2 aromatic carbocycles. The number of aromatic hydroxyl groups is 1. The molecule has 1 aromatic heterocycles. The fourth-order valence-electron chi connectivity index (χ4n) is 10.8. The predicted octanol–water partition coefficient (Wildman–Crippen LogP) is 2.32. The number of hydrogen-bond donors (Lipinski definition) is 4. The first-order chi connectivity index (χ1) is 35.0. The number of anilines is 1. The summed E-state index contributed by atoms with van der Waals surface area (Å²) in [7, 11) is 5.33. The van der Waals surface area contributed by atoms with E-state index < -0.39 is 101 Å². The number of Topliss-reactive ketones (excluding diaryl/α,β-unsaturated/α-hetero) is 1. The summed E-state index contributed by atoms with van der Waals surface area (Å²) in [6, 6.07) is 10.3. The van der Waals surface area contributed by atoms with Crippen molar-refractivity contribution < 1.29 is 48.2 Å². The van der Waals surface area contributed by atoms with Crippen molar-refractivity contribution in [2.75, 3.05) is 64.5 Å². The molecule has 19 nitrogen and oxygen atoms in total. The fourth-order valence-corrected chi connectivity index (χ4v) is 12.4. The molecule has 9 atom stereocenters. The van der Waals surface area contributed by atoms with Gasteiger partial charge in [0.05, 0.1) is 0 Å². The van der Waals surface area contributed by atoms with Crippen LogP contribution in [0.2, 0.25) is 0 Å². The lowest BCUT2D eigenvalue weighted by Crippen LogP contribution is -2.63. The molecule has 7 heterocycles. The van der Waals surface area contributed by atoms with Gasteiger partial charge in [-0.1, -0.05) is 49.4 Å². The number of hydrogen-bond acceptors (Lipinski definition) is 14. The minimum Gasteiger partial charge on any atom is -0.505 e. The molecule has 0 radical (unpaired) electrons. The molecule has 20 heteroatoms. The topological polar surface area (TPSA) is 231 Å². The summed E-state index contributed by atoms with van der Waals surface area (Å²) < 4.78 is 5.97. The number of carbonyl (C=O) groups is 8. The number of esters is 1. The quantitative estimate of drug-likeness (QED) is 0.214. The second-order valence-corrected chi connectivity index (χ2v) is 21.4. The van der Waals surface area contributed by atoms with Crippen molar-refractivity contribution >= 4 is 64.6 Å². The van der Waals surface area contributed by atoms with Crippen LogP contribution in [-0.4, -0.2) is 178 Å². The molecule has 6 saturated heterocycles. The van der Waals surface area contributed by atoms with Gasteiger partial charge in [0.1, 0.15) is 47.8 Å². The predicted molar refractivity (Wildman–Crippen MR) is 272 cm³/mol. The summed E-state index contributed by atoms with van der Waals surface area (Å²) in [5.74, 6) is -5.83. The number of cyclic esters (lactones) is 1. The molecule has 6 amide bonds. The van der Waals surface area contributed by atoms with E-state index in [0.717, 1.165) is 43.7 Å². The third kappa shape index (κ3) is 11.8. The van der Waals surface area contributed by atoms with Crippen molar-refractivity contribution in [3.8, 4) is 5.75 Å². The minimum absolute atomic E-state index is 0.0289. The number of fused-ring (bicyclic) bond motifs is 5. The Morgan fingerprint density at radius 1 is 0.849 bits per heavy atom. The molecular weight excluding hydrogens is 955 g/mol. The molecule has 73 heavy (non-hydrogen) atoms. The Morgan fingerprint density at radius 2 is 1.58 bits per heavy atom. The van der Waals surface area contributed by atoms with E-state index in [1.54, 1.807) is 49.0 Å². The SMILES string of the molecule is CC[C@@H]1NC(=O)[C@@H](NC(=O)c2ncccc2O)[C@@H](C)OC(=O)[C@H](c2ccccc2)NC(=O)[C@@H]2CC(=O)[C@H](CSC3CN4CCC3CC4)CN2C(=O)[C@H](Cc2ccc(N(C)C)cc2)N(C)C(=O)[C@@H]2CCCN2C1=O. The average molecular weight is 1020 g/mol. The van der Waals surface area contributed by atoms with Crippen LogP contribution in [0.4, 0.5) is 5.69 Å². The number of piperidine rings is 4. The van der Waals surface area contributed by atoms with E-state index in [1.165, 1.54) is 47.0 Å². The van der Waals surface area contributed by atoms with Gasteiger partial charge < -0.3 is 50.3 Å². The summed E-state index contributed by atoms with van der Waals surface area (Å²) in [6.45, 7) is 6.11. The number of benzene rings is 2. The van der Waals surface area contributed by atoms with E-state index >= 15 is 14.4 Å². The minimum atomic E-state index is -1.69. The number of likely N-dealkylation sites (N-methyl/N-ethyl adjacent to an activating group) is 1. The van der Waals surface area contributed by atoms with Crippen LogP contribution in [0.5, 0.6) is 5.75 Å². The van der Waals surface area contributed by atoms with Crippen LogP contribution < -0.4 is 20.9 Å². The Balaban J connectivity index is 1.19. The first-order valence-corrected chi connectivity index (χ1v) is 26.4. The van der Waals surface area contributed by atoms with Gasteiger partial charge in [0.25, 0.3) is 5.91 Å². The van der Waals surface area contributed by atoms with Gasteiger partial charge in [-0.05, 0) is 93.4 Å². The highest BCUT2D eigenvalue weighted by molar-refractivity contribution is 8.00. The van der Waals surface area contributed by atoms with Crippen molar-refractivity contribution in [3.63, 3.8) is 0 Å². The molecular formula is C53H67N9O10S. The van der Waals surface area contributed by atoms with Gasteiger partial charge in [-0.3, -0.25) is 33.6 Å². The molecule has 4 N–H and O–H groups in total. The van der Waals surface area contributed by atoms with Gasteiger partial charge in [0.15, 0.2) is 11.7 Å². The number of amides is 6. The fraction of sp³-hybridized carbons (Fsp3) is 0.528. The number of carbonyl (C=O) groups excluding carboxylic acids is 8. The smallest absolute Gasteiger partial charge is 0.333 e. The van der Waals surface area contributed by atoms with Crippen LogP contribution in [0.3, 0.4) is 0 Å². The molecule has 6 aliphatic heterocycles. The third-order valence-electron chi connectivity index (χ3n) is 15.2. The number of rotatable bonds is 10. The van der Waals surface area contributed by atoms with Crippen molar-refractivity contribution in [2.24, 2.45) is 11.8 Å². The van der Waals surface area contributed by atoms with Gasteiger partial charge in [-0.25, -0.2) is 9.78 Å². The van der Waals surface area contributed by atoms with Crippen LogP contribution in [0.1, 0.15) is 80.0 Å². The normalized spacial score (nSPS) is 29.5. The average Bonchev–Trinajstić information content (AvgIpc) is 3.89. The first kappa shape index (κ1) is 52.8. The molecule has 2 bridgehead atoms. The summed E-state index contributed by atoms with van der Waals surface area (Å²) in [4.78, 5) is 130. The Labute approximate surface area is 430 Å². The van der Waals surface area contributed by atoms with Crippen LogP contribution in [-0.2, 0) is 44.7 Å². The molecule has 1 unspecified atom stereocenters. The van der Waals surface area contributed by atoms with Crippen molar-refractivity contribution in [2.45, 2.75) is 106 Å². The third-order valence-corrected chi connectivity index (χ3v) is 16.7. The number of pyridine rings is 1. The standard InChI is InChI=1S/C53H67N9O10S/c1-6-37-50(68)61-23-11-14-38(61)51(69)59(5)40(26-32-16-18-36(19-17-32)58(3)4)52(70)62-28-35(30-73-43-29-60-24-20-33(43)21-25-60)42(64)27-39(62)47(65)57-45(34-12-8-7-9-13-34)53(71)72-31(2)44(48(66)55-37)56-49(67)46-41(63)15-10-22-54-46/h7-10,12-13,15-19,22,31,33,35,37-40,43-45,63H,6,11,14,20-21,23-30H2,1-5H3,(H,55,66)(H,56,67)(H,57,65)/t31-,35+,37+,38+,39+,40+,43?,44+,45+/m1/s1. The van der Waals surface area contributed by atoms with Crippen LogP contribution in [0, 0.1) is 11.8 Å². The molecule has 6 fully saturated rings. The van der Waals surface area contributed by atoms with Gasteiger partial charge in [-0.2, -0.15) is 11.8 Å². The lowest BCUT2D eigenvalue weighted by Gasteiger charge is -2.45. The summed E-state index contributed by atoms with van der Waals surface area (Å²) in [5, 5.41) is 18.8. The highest BCUT2D eigenvalue weighted by atomic mass is 32.2. The maximum absolute atomic E-state index is 15.7. The van der Waals surface area contributed by atoms with E-state index in [0.29, 0.717) is 23.3 Å². The molecule has 390 valence electrons. The lowest BCUT2D eigenvalue weighted by molar-refractivity contribution is -0.157. The Morgan fingerprint density at radius 3 is 2.23 bits per heavy atom. The van der Waals surface area contributed by atoms with Crippen LogP contribution >= 0.6 is 11.8 Å². The van der Waals surface area contributed by atoms with Gasteiger partial charge in [0.2, 0.25) is 29.5 Å². The molecule has 6 aliphatic rings. The van der Waals surface area contributed by atoms with E-state index in [4.69, 9.17) is 4.74 Å². The van der Waals surface area contributed by atoms with Crippen LogP contribution in [0.15, 0.2) is 72.9 Å². The molecule has 0 spiro atoms. The lowest BCUT2D eigenvalue weighted by atomic mass is 9.88. The zero-order chi connectivity index (χ0) is 52.1. The number of nitrogens with zero attached hydrogens (tertiary/aromatic N) is 6. The Kier molecular flexibility index (Phi) is 16.7. The second kappa shape index (κ2) is 23.1. The number of ether oxygens (including phenoxy) is 1. The number of nitrogens with one attached hydrogen (secondary N) is 3. The van der Waals surface area contributed by atoms with Gasteiger partial charge in [-0.15, -0.1) is 0 Å². The molecule has 3 aromatic rings. The van der Waals surface area contributed by atoms with E-state index in [1.807, 2.05) is 43.3 Å². The Bertz CT molecular complexity index is 2540. The zero-order valence-electron chi connectivity index (χ0n) is 42.1. The number of aromatic nitrogens is 1. The second-order valence-electron chi connectivity index (χ2n) is 20.1. The zero-order valence-corrected chi connectivity index (χ0v) is 42.9. The van der Waals surface area contributed by atoms with Gasteiger partial charge in [0, 0.05) is 82.4 Å². The molecule has 0 saturated carbocycles. The maximum atomic E-state index is 15.7. The van der Waals surface area contributed by atoms with Crippen LogP contribution in [0.25, 0.3) is 0 Å². The molecule has 0 aliphatic carbocycles. The highest BCUT2D eigenvalue weighted by Crippen LogP contribution is 2.37. The maximum Gasteiger partial charge on any atom is 0.333 e. The van der Waals surface area contributed by atoms with E-state index in [9.17, 15) is 29.1 Å². The highest BCUT2D eigenvalue weighted by Gasteiger charge is 2.48. The number of ketones is 1. The summed E-state index contributed by atoms with van der Waals surface area (Å²) >= 11 is 1.73. The Hall–Kier alpha value is -6.54. The molecule has 9 rings (SSSR count). The first-order valence-electron chi connectivity index (χ1n) is 25.3. The summed E-state index contributed by atoms with van der Waals surface area (Å²) in [6.07, 6.45) is 2.40. The van der Waals surface area contributed by atoms with Crippen molar-refractivity contribution in [1.29, 1.82) is 0 Å². The summed E-state index contributed by atoms with van der Waals surface area (Å²) in [5.41, 5.74) is 1.49. The van der Waals surface area contributed by atoms with Crippen molar-refractivity contribution in [3.05, 3.63) is 89.7 Å².